The van der Waals surface area contributed by atoms with Crippen LogP contribution in [-0.2, 0) is 4.79 Å². The number of aliphatic hydroxyl groups excluding tert-OH is 1. The van der Waals surface area contributed by atoms with Crippen LogP contribution < -0.4 is 5.32 Å². The molecule has 2 N–H and O–H groups in total. The normalized spacial score (nSPS) is 18.7. The van der Waals surface area contributed by atoms with E-state index in [4.69, 9.17) is 4.42 Å². The van der Waals surface area contributed by atoms with Crippen LogP contribution in [0.15, 0.2) is 71.3 Å². The van der Waals surface area contributed by atoms with Gasteiger partial charge in [-0.15, -0.1) is 0 Å². The quantitative estimate of drug-likeness (QED) is 0.759. The van der Waals surface area contributed by atoms with E-state index in [1.807, 2.05) is 49.4 Å². The Morgan fingerprint density at radius 1 is 1.15 bits per heavy atom. The van der Waals surface area contributed by atoms with E-state index in [9.17, 15) is 9.90 Å². The van der Waals surface area contributed by atoms with Crippen LogP contribution >= 0.6 is 0 Å². The van der Waals surface area contributed by atoms with Crippen LogP contribution in [0, 0.1) is 6.92 Å². The number of carbonyl (C=O) groups excluding carboxylic acids is 1. The molecule has 1 aliphatic heterocycles. The molecule has 0 aliphatic carbocycles. The predicted molar refractivity (Wildman–Crippen MR) is 98.5 cm³/mol. The number of nitrogens with zero attached hydrogens (tertiary/aromatic N) is 1. The molecule has 1 aliphatic rings. The molecule has 0 saturated heterocycles. The lowest BCUT2D eigenvalue weighted by Gasteiger charge is -2.33. The average molecular weight is 348 g/mol. The largest absolute Gasteiger partial charge is 0.465 e. The van der Waals surface area contributed by atoms with E-state index in [-0.39, 0.29) is 18.5 Å². The lowest BCUT2D eigenvalue weighted by atomic mass is 9.94. The molecular weight excluding hydrogens is 328 g/mol. The van der Waals surface area contributed by atoms with E-state index in [1.165, 1.54) is 6.26 Å². The summed E-state index contributed by atoms with van der Waals surface area (Å²) in [7, 11) is 0. The summed E-state index contributed by atoms with van der Waals surface area (Å²) in [5.41, 5.74) is 3.81. The van der Waals surface area contributed by atoms with Crippen molar-refractivity contribution in [1.29, 1.82) is 0 Å². The van der Waals surface area contributed by atoms with E-state index in [1.54, 1.807) is 17.0 Å². The number of amides is 1. The first-order valence-electron chi connectivity index (χ1n) is 8.56. The highest BCUT2D eigenvalue weighted by atomic mass is 16.4. The molecule has 1 aromatic heterocycles. The maximum Gasteiger partial charge on any atom is 0.238 e. The number of anilines is 1. The van der Waals surface area contributed by atoms with Crippen LogP contribution in [0.4, 0.5) is 5.69 Å². The van der Waals surface area contributed by atoms with Gasteiger partial charge in [0.05, 0.1) is 18.8 Å². The van der Waals surface area contributed by atoms with Crippen LogP contribution in [0.2, 0.25) is 0 Å². The maximum absolute atomic E-state index is 12.5. The van der Waals surface area contributed by atoms with E-state index in [0.717, 1.165) is 22.4 Å². The first kappa shape index (κ1) is 16.6. The maximum atomic E-state index is 12.5. The Bertz CT molecular complexity index is 906. The second kappa shape index (κ2) is 6.78. The number of benzene rings is 2. The molecule has 5 nitrogen and oxygen atoms in total. The summed E-state index contributed by atoms with van der Waals surface area (Å²) in [5, 5.41) is 13.9. The van der Waals surface area contributed by atoms with Gasteiger partial charge in [-0.2, -0.15) is 0 Å². The summed E-state index contributed by atoms with van der Waals surface area (Å²) in [4.78, 5) is 14.3. The summed E-state index contributed by atoms with van der Waals surface area (Å²) in [6, 6.07) is 19.0. The fraction of sp³-hybridized carbons (Fsp3) is 0.190. The van der Waals surface area contributed by atoms with Crippen LogP contribution in [0.5, 0.6) is 0 Å². The van der Waals surface area contributed by atoms with E-state index < -0.39 is 6.23 Å². The Kier molecular flexibility index (Phi) is 4.32. The molecule has 1 amide bonds. The predicted octanol–water partition coefficient (Wildman–Crippen LogP) is 3.62. The molecule has 4 rings (SSSR count). The third kappa shape index (κ3) is 3.03. The van der Waals surface area contributed by atoms with Gasteiger partial charge in [0, 0.05) is 5.69 Å². The first-order valence-corrected chi connectivity index (χ1v) is 8.56. The molecule has 26 heavy (non-hydrogen) atoms. The Hall–Kier alpha value is -2.89. The van der Waals surface area contributed by atoms with Crippen molar-refractivity contribution in [3.8, 4) is 0 Å². The number of aliphatic hydroxyl groups is 1. The van der Waals surface area contributed by atoms with E-state index >= 15 is 0 Å². The molecule has 2 atom stereocenters. The van der Waals surface area contributed by atoms with E-state index in [2.05, 4.69) is 11.4 Å². The molecule has 2 unspecified atom stereocenters. The Balaban J connectivity index is 1.89. The van der Waals surface area contributed by atoms with Gasteiger partial charge < -0.3 is 14.8 Å². The summed E-state index contributed by atoms with van der Waals surface area (Å²) >= 11 is 0. The van der Waals surface area contributed by atoms with Crippen molar-refractivity contribution in [2.45, 2.75) is 19.2 Å². The minimum absolute atomic E-state index is 0.0507. The standard InChI is InChI=1S/C21H20N2O3/c1-14-9-10-17-16(12-14)20(15-6-3-2-4-7-15)23(13-19(24)22-17)21(25)18-8-5-11-26-18/h2-12,20-21,25H,13H2,1H3,(H,22,24). The van der Waals surface area contributed by atoms with Gasteiger partial charge in [-0.25, -0.2) is 0 Å². The number of hydrogen-bond acceptors (Lipinski definition) is 4. The van der Waals surface area contributed by atoms with Crippen molar-refractivity contribution in [1.82, 2.24) is 4.90 Å². The summed E-state index contributed by atoms with van der Waals surface area (Å²) in [6.07, 6.45) is 0.485. The molecule has 3 aromatic rings. The highest BCUT2D eigenvalue weighted by molar-refractivity contribution is 5.94. The molecule has 0 fully saturated rings. The number of rotatable bonds is 3. The fourth-order valence-electron chi connectivity index (χ4n) is 3.48. The third-order valence-corrected chi connectivity index (χ3v) is 4.66. The Labute approximate surface area is 151 Å². The van der Waals surface area contributed by atoms with Crippen molar-refractivity contribution >= 4 is 11.6 Å². The van der Waals surface area contributed by atoms with Gasteiger partial charge in [0.1, 0.15) is 5.76 Å². The minimum Gasteiger partial charge on any atom is -0.465 e. The highest BCUT2D eigenvalue weighted by Gasteiger charge is 2.35. The van der Waals surface area contributed by atoms with Gasteiger partial charge in [-0.1, -0.05) is 48.0 Å². The van der Waals surface area contributed by atoms with Crippen molar-refractivity contribution in [2.24, 2.45) is 0 Å². The highest BCUT2D eigenvalue weighted by Crippen LogP contribution is 2.39. The smallest absolute Gasteiger partial charge is 0.238 e. The SMILES string of the molecule is Cc1ccc2c(c1)C(c1ccccc1)N(C(O)c1ccco1)CC(=O)N2. The minimum atomic E-state index is -1.03. The number of fused-ring (bicyclic) bond motifs is 1. The molecule has 0 radical (unpaired) electrons. The lowest BCUT2D eigenvalue weighted by Crippen LogP contribution is -2.37. The van der Waals surface area contributed by atoms with Gasteiger partial charge in [0.2, 0.25) is 5.91 Å². The summed E-state index contributed by atoms with van der Waals surface area (Å²) in [5.74, 6) is 0.244. The summed E-state index contributed by atoms with van der Waals surface area (Å²) in [6.45, 7) is 2.07. The number of nitrogens with one attached hydrogen (secondary N) is 1. The fourth-order valence-corrected chi connectivity index (χ4v) is 3.48. The van der Waals surface area contributed by atoms with Crippen LogP contribution in [0.3, 0.4) is 0 Å². The third-order valence-electron chi connectivity index (χ3n) is 4.66. The van der Waals surface area contributed by atoms with Gasteiger partial charge in [0.15, 0.2) is 6.23 Å². The second-order valence-corrected chi connectivity index (χ2v) is 6.51. The summed E-state index contributed by atoms with van der Waals surface area (Å²) < 4.78 is 5.40. The zero-order valence-electron chi connectivity index (χ0n) is 14.4. The van der Waals surface area contributed by atoms with Crippen molar-refractivity contribution in [3.63, 3.8) is 0 Å². The Morgan fingerprint density at radius 2 is 1.96 bits per heavy atom. The lowest BCUT2D eigenvalue weighted by molar-refractivity contribution is -0.121. The first-order chi connectivity index (χ1) is 12.6. The molecule has 0 bridgehead atoms. The van der Waals surface area contributed by atoms with Crippen LogP contribution in [0.1, 0.15) is 34.7 Å². The number of carbonyl (C=O) groups is 1. The topological polar surface area (TPSA) is 65.7 Å². The zero-order valence-corrected chi connectivity index (χ0v) is 14.4. The molecule has 0 saturated carbocycles. The van der Waals surface area contributed by atoms with Gasteiger partial charge in [0.25, 0.3) is 0 Å². The number of hydrogen-bond donors (Lipinski definition) is 2. The molecule has 2 aromatic carbocycles. The van der Waals surface area contributed by atoms with Crippen molar-refractivity contribution in [2.75, 3.05) is 11.9 Å². The molecular formula is C21H20N2O3. The van der Waals surface area contributed by atoms with Crippen molar-refractivity contribution in [3.05, 3.63) is 89.4 Å². The Morgan fingerprint density at radius 3 is 2.69 bits per heavy atom. The molecule has 0 spiro atoms. The molecule has 2 heterocycles. The van der Waals surface area contributed by atoms with Crippen LogP contribution in [0.25, 0.3) is 0 Å². The number of furan rings is 1. The zero-order chi connectivity index (χ0) is 18.1. The van der Waals surface area contributed by atoms with Gasteiger partial charge in [-0.05, 0) is 36.2 Å². The monoisotopic (exact) mass is 348 g/mol. The van der Waals surface area contributed by atoms with Crippen molar-refractivity contribution < 1.29 is 14.3 Å². The average Bonchev–Trinajstić information content (AvgIpc) is 3.13. The van der Waals surface area contributed by atoms with Crippen LogP contribution in [-0.4, -0.2) is 22.5 Å². The van der Waals surface area contributed by atoms with Gasteiger partial charge in [-0.3, -0.25) is 9.69 Å². The number of aryl methyl sites for hydroxylation is 1. The molecule has 5 heteroatoms. The second-order valence-electron chi connectivity index (χ2n) is 6.51. The molecule has 132 valence electrons. The van der Waals surface area contributed by atoms with Gasteiger partial charge >= 0.3 is 0 Å². The van der Waals surface area contributed by atoms with E-state index in [0.29, 0.717) is 5.76 Å².